The van der Waals surface area contributed by atoms with Crippen LogP contribution in [0, 0.1) is 0 Å². The minimum atomic E-state index is -3.20. The van der Waals surface area contributed by atoms with Crippen molar-refractivity contribution in [3.8, 4) is 0 Å². The minimum absolute atomic E-state index is 1.32. The molecular formula is C11H14O5P2S. The van der Waals surface area contributed by atoms with Gasteiger partial charge >= 0.3 is 16.5 Å². The monoisotopic (exact) mass is 320 g/mol. The maximum atomic E-state index is 9.44. The van der Waals surface area contributed by atoms with Gasteiger partial charge in [0, 0.05) is 4.90 Å². The van der Waals surface area contributed by atoms with Crippen LogP contribution in [0.25, 0.3) is 10.8 Å². The summed E-state index contributed by atoms with van der Waals surface area (Å²) < 4.78 is 22.3. The Morgan fingerprint density at radius 2 is 1.58 bits per heavy atom. The number of rotatable bonds is 3. The van der Waals surface area contributed by atoms with Crippen molar-refractivity contribution in [3.05, 3.63) is 42.5 Å². The number of thioether (sulfide) groups is 1. The standard InChI is InChI=1S/C11H10S.H4O5P2/c1-12-11-7-6-9-4-2-3-5-10(9)8-11;1-6(2)5-7(3)4/h2-8H,1H3;6-7H,(H,1,2)(H,3,4). The van der Waals surface area contributed by atoms with Gasteiger partial charge in [-0.05, 0) is 29.2 Å². The molecule has 0 aliphatic rings. The van der Waals surface area contributed by atoms with Gasteiger partial charge in [0.25, 0.3) is 0 Å². The van der Waals surface area contributed by atoms with Crippen molar-refractivity contribution in [2.75, 3.05) is 6.26 Å². The Hall–Kier alpha value is -0.610. The van der Waals surface area contributed by atoms with Gasteiger partial charge in [-0.15, -0.1) is 11.8 Å². The molecule has 5 nitrogen and oxygen atoms in total. The summed E-state index contributed by atoms with van der Waals surface area (Å²) in [5.74, 6) is 0. The third kappa shape index (κ3) is 6.39. The molecule has 0 spiro atoms. The van der Waals surface area contributed by atoms with Crippen LogP contribution in [-0.2, 0) is 13.4 Å². The van der Waals surface area contributed by atoms with E-state index >= 15 is 0 Å². The largest absolute Gasteiger partial charge is 0.326 e. The fourth-order valence-corrected chi connectivity index (χ4v) is 2.42. The molecule has 0 amide bonds. The van der Waals surface area contributed by atoms with Crippen LogP contribution in [0.3, 0.4) is 0 Å². The van der Waals surface area contributed by atoms with Gasteiger partial charge in [0.2, 0.25) is 0 Å². The van der Waals surface area contributed by atoms with Gasteiger partial charge in [0.15, 0.2) is 0 Å². The van der Waals surface area contributed by atoms with Crippen LogP contribution >= 0.6 is 28.3 Å². The second kappa shape index (κ2) is 8.54. The third-order valence-electron chi connectivity index (χ3n) is 2.13. The van der Waals surface area contributed by atoms with Gasteiger partial charge in [0.05, 0.1) is 0 Å². The molecule has 2 rings (SSSR count). The highest BCUT2D eigenvalue weighted by molar-refractivity contribution is 7.98. The Labute approximate surface area is 116 Å². The molecule has 0 aromatic heterocycles. The molecule has 2 atom stereocenters. The van der Waals surface area contributed by atoms with Gasteiger partial charge in [-0.2, -0.15) is 0 Å². The van der Waals surface area contributed by atoms with E-state index in [-0.39, 0.29) is 0 Å². The van der Waals surface area contributed by atoms with E-state index < -0.39 is 16.5 Å². The van der Waals surface area contributed by atoms with Crippen LogP contribution in [0.4, 0.5) is 0 Å². The predicted molar refractivity (Wildman–Crippen MR) is 79.3 cm³/mol. The quantitative estimate of drug-likeness (QED) is 0.666. The zero-order valence-corrected chi connectivity index (χ0v) is 12.9. The average Bonchev–Trinajstić information content (AvgIpc) is 2.37. The summed E-state index contributed by atoms with van der Waals surface area (Å²) in [6.07, 6.45) is 2.10. The second-order valence-electron chi connectivity index (χ2n) is 3.35. The van der Waals surface area contributed by atoms with Gasteiger partial charge in [-0.25, -0.2) is 4.31 Å². The molecule has 104 valence electrons. The Bertz CT molecular complexity index is 578. The number of fused-ring (bicyclic) bond motifs is 1. The Kier molecular flexibility index (Phi) is 7.39. The Morgan fingerprint density at radius 1 is 1.00 bits per heavy atom. The summed E-state index contributed by atoms with van der Waals surface area (Å²) >= 11 is 1.78. The lowest BCUT2D eigenvalue weighted by molar-refractivity contribution is 0.371. The van der Waals surface area contributed by atoms with E-state index in [2.05, 4.69) is 53.0 Å². The highest BCUT2D eigenvalue weighted by atomic mass is 32.2. The van der Waals surface area contributed by atoms with E-state index in [0.717, 1.165) is 0 Å². The first kappa shape index (κ1) is 16.4. The van der Waals surface area contributed by atoms with Crippen molar-refractivity contribution < 1.29 is 23.2 Å². The molecule has 2 unspecified atom stereocenters. The van der Waals surface area contributed by atoms with Crippen LogP contribution in [0.2, 0.25) is 0 Å². The molecule has 0 saturated heterocycles. The molecule has 2 N–H and O–H groups in total. The summed E-state index contributed by atoms with van der Waals surface area (Å²) in [6.45, 7) is 0. The molecule has 0 fully saturated rings. The molecule has 0 saturated carbocycles. The molecule has 0 aliphatic carbocycles. The normalized spacial score (nSPS) is 13.4. The zero-order chi connectivity index (χ0) is 14.3. The van der Waals surface area contributed by atoms with Crippen LogP contribution in [-0.4, -0.2) is 16.0 Å². The van der Waals surface area contributed by atoms with E-state index in [1.165, 1.54) is 15.7 Å². The molecule has 0 aliphatic heterocycles. The van der Waals surface area contributed by atoms with Gasteiger partial charge in [-0.1, -0.05) is 30.3 Å². The first-order valence-electron chi connectivity index (χ1n) is 5.19. The lowest BCUT2D eigenvalue weighted by Crippen LogP contribution is -1.72. The first-order chi connectivity index (χ1) is 9.02. The van der Waals surface area contributed by atoms with Crippen molar-refractivity contribution in [1.82, 2.24) is 0 Å². The highest BCUT2D eigenvalue weighted by Gasteiger charge is 1.93. The van der Waals surface area contributed by atoms with Crippen LogP contribution in [0.15, 0.2) is 47.4 Å². The maximum Gasteiger partial charge on any atom is 0.323 e. The lowest BCUT2D eigenvalue weighted by Gasteiger charge is -1.99. The molecule has 8 heteroatoms. The zero-order valence-electron chi connectivity index (χ0n) is 10.1. The van der Waals surface area contributed by atoms with Crippen LogP contribution in [0.5, 0.6) is 0 Å². The first-order valence-corrected chi connectivity index (χ1v) is 8.94. The summed E-state index contributed by atoms with van der Waals surface area (Å²) in [4.78, 5) is 16.8. The topological polar surface area (TPSA) is 83.8 Å². The SMILES string of the molecule is CSc1ccc2ccccc2c1.O=[PH](O)O[PH](=O)O. The Balaban J connectivity index is 0.000000224. The summed E-state index contributed by atoms with van der Waals surface area (Å²) in [6, 6.07) is 15.0. The second-order valence-corrected chi connectivity index (χ2v) is 6.11. The third-order valence-corrected chi connectivity index (χ3v) is 4.25. The Morgan fingerprint density at radius 3 is 2.05 bits per heavy atom. The smallest absolute Gasteiger partial charge is 0.323 e. The molecule has 2 aromatic rings. The van der Waals surface area contributed by atoms with Gasteiger partial charge in [0.1, 0.15) is 0 Å². The van der Waals surface area contributed by atoms with Crippen molar-refractivity contribution in [1.29, 1.82) is 0 Å². The van der Waals surface area contributed by atoms with E-state index in [4.69, 9.17) is 9.79 Å². The summed E-state index contributed by atoms with van der Waals surface area (Å²) in [5.41, 5.74) is 0. The van der Waals surface area contributed by atoms with Gasteiger partial charge in [-0.3, -0.25) is 9.13 Å². The number of benzene rings is 2. The number of hydrogen-bond donors (Lipinski definition) is 2. The predicted octanol–water partition coefficient (Wildman–Crippen LogP) is 3.33. The maximum absolute atomic E-state index is 9.44. The van der Waals surface area contributed by atoms with E-state index in [9.17, 15) is 9.13 Å². The molecule has 0 radical (unpaired) electrons. The number of hydrogen-bond acceptors (Lipinski definition) is 4. The fourth-order valence-electron chi connectivity index (χ4n) is 1.37. The molecule has 19 heavy (non-hydrogen) atoms. The summed E-state index contributed by atoms with van der Waals surface area (Å²) in [5, 5.41) is 2.64. The van der Waals surface area contributed by atoms with Gasteiger partial charge < -0.3 is 9.79 Å². The van der Waals surface area contributed by atoms with E-state index in [1.807, 2.05) is 0 Å². The highest BCUT2D eigenvalue weighted by Crippen LogP contribution is 2.30. The van der Waals surface area contributed by atoms with Crippen LogP contribution in [0.1, 0.15) is 0 Å². The fraction of sp³-hybridized carbons (Fsp3) is 0.0909. The summed E-state index contributed by atoms with van der Waals surface area (Å²) in [7, 11) is -6.40. The van der Waals surface area contributed by atoms with E-state index in [1.54, 1.807) is 11.8 Å². The van der Waals surface area contributed by atoms with Crippen molar-refractivity contribution >= 4 is 39.0 Å². The lowest BCUT2D eigenvalue weighted by atomic mass is 10.1. The minimum Gasteiger partial charge on any atom is -0.326 e. The van der Waals surface area contributed by atoms with E-state index in [0.29, 0.717) is 0 Å². The van der Waals surface area contributed by atoms with Crippen molar-refractivity contribution in [3.63, 3.8) is 0 Å². The van der Waals surface area contributed by atoms with Crippen molar-refractivity contribution in [2.24, 2.45) is 0 Å². The average molecular weight is 320 g/mol. The van der Waals surface area contributed by atoms with Crippen LogP contribution < -0.4 is 0 Å². The molecule has 2 aromatic carbocycles. The molecule has 0 bridgehead atoms. The molecule has 0 heterocycles. The molecular weight excluding hydrogens is 306 g/mol. The van der Waals surface area contributed by atoms with Crippen molar-refractivity contribution in [2.45, 2.75) is 4.90 Å².